The van der Waals surface area contributed by atoms with Crippen LogP contribution in [0.2, 0.25) is 0 Å². The molecule has 0 atom stereocenters. The van der Waals surface area contributed by atoms with Crippen LogP contribution in [0.25, 0.3) is 0 Å². The topological polar surface area (TPSA) is 35.5 Å². The van der Waals surface area contributed by atoms with Crippen LogP contribution < -0.4 is 0 Å². The van der Waals surface area contributed by atoms with E-state index < -0.39 is 48.7 Å². The molecule has 16 heteroatoms. The summed E-state index contributed by atoms with van der Waals surface area (Å²) < 4.78 is 168. The Balaban J connectivity index is 5.69. The van der Waals surface area contributed by atoms with Crippen LogP contribution in [0.5, 0.6) is 0 Å². The van der Waals surface area contributed by atoms with Gasteiger partial charge in [-0.05, 0) is 0 Å². The second kappa shape index (κ2) is 6.77. The molecular weight excluding hydrogens is 415 g/mol. The summed E-state index contributed by atoms with van der Waals surface area (Å²) in [4.78, 5) is 10.4. The van der Waals surface area contributed by atoms with Gasteiger partial charge in [0, 0.05) is 6.08 Å². The number of hydrogen-bond acceptors (Lipinski definition) is 3. The van der Waals surface area contributed by atoms with Gasteiger partial charge in [-0.1, -0.05) is 6.58 Å². The number of carbonyl (C=O) groups is 1. The molecule has 26 heavy (non-hydrogen) atoms. The molecule has 0 rings (SSSR count). The van der Waals surface area contributed by atoms with Gasteiger partial charge in [-0.15, -0.1) is 0 Å². The zero-order valence-corrected chi connectivity index (χ0v) is 11.6. The van der Waals surface area contributed by atoms with Gasteiger partial charge in [0.2, 0.25) is 0 Å². The monoisotopic (exact) mass is 420 g/mol. The first-order valence-corrected chi connectivity index (χ1v) is 5.61. The summed E-state index contributed by atoms with van der Waals surface area (Å²) in [6.07, 6.45) is -21.4. The maximum atomic E-state index is 13.0. The summed E-state index contributed by atoms with van der Waals surface area (Å²) in [5.41, 5.74) is 0. The summed E-state index contributed by atoms with van der Waals surface area (Å²) in [7, 11) is 0. The smallest absolute Gasteiger partial charge is 0.456 e. The number of ether oxygens (including phenoxy) is 2. The van der Waals surface area contributed by atoms with Crippen LogP contribution >= 0.6 is 0 Å². The number of esters is 1. The number of alkyl halides is 13. The largest absolute Gasteiger partial charge is 0.460 e. The second-order valence-corrected chi connectivity index (χ2v) is 4.30. The summed E-state index contributed by atoms with van der Waals surface area (Å²) in [5, 5.41) is 0. The average Bonchev–Trinajstić information content (AvgIpc) is 2.41. The fourth-order valence-electron chi connectivity index (χ4n) is 0.965. The van der Waals surface area contributed by atoms with Crippen molar-refractivity contribution >= 4 is 5.97 Å². The van der Waals surface area contributed by atoms with E-state index in [0.717, 1.165) is 0 Å². The van der Waals surface area contributed by atoms with Crippen molar-refractivity contribution in [3.05, 3.63) is 12.7 Å². The molecule has 0 radical (unpaired) electrons. The van der Waals surface area contributed by atoms with Crippen LogP contribution in [0.4, 0.5) is 57.1 Å². The van der Waals surface area contributed by atoms with E-state index in [-0.39, 0.29) is 6.08 Å². The van der Waals surface area contributed by atoms with Crippen molar-refractivity contribution in [1.82, 2.24) is 0 Å². The average molecular weight is 420 g/mol. The molecule has 0 spiro atoms. The highest BCUT2D eigenvalue weighted by Gasteiger charge is 2.84. The Labute approximate surface area is 134 Å². The molecule has 0 aromatic heterocycles. The number of carbonyl (C=O) groups excluding carboxylic acids is 1. The van der Waals surface area contributed by atoms with Gasteiger partial charge in [-0.25, -0.2) is 9.53 Å². The normalized spacial score (nSPS) is 15.0. The van der Waals surface area contributed by atoms with E-state index in [1.54, 1.807) is 4.74 Å². The van der Waals surface area contributed by atoms with Crippen LogP contribution in [-0.2, 0) is 14.3 Å². The molecule has 0 fully saturated rings. The summed E-state index contributed by atoms with van der Waals surface area (Å²) >= 11 is 0. The van der Waals surface area contributed by atoms with Gasteiger partial charge >= 0.3 is 42.1 Å². The van der Waals surface area contributed by atoms with Gasteiger partial charge < -0.3 is 4.74 Å². The quantitative estimate of drug-likeness (QED) is 0.332. The molecule has 0 amide bonds. The second-order valence-electron chi connectivity index (χ2n) is 4.30. The zero-order valence-electron chi connectivity index (χ0n) is 11.6. The third-order valence-electron chi connectivity index (χ3n) is 2.36. The molecule has 0 heterocycles. The molecule has 0 aliphatic heterocycles. The van der Waals surface area contributed by atoms with Crippen molar-refractivity contribution in [3.8, 4) is 0 Å². The molecule has 0 unspecified atom stereocenters. The van der Waals surface area contributed by atoms with Crippen molar-refractivity contribution in [3.63, 3.8) is 0 Å². The van der Waals surface area contributed by atoms with E-state index in [1.165, 1.54) is 0 Å². The Bertz CT molecular complexity index is 537. The van der Waals surface area contributed by atoms with Crippen molar-refractivity contribution in [1.29, 1.82) is 0 Å². The maximum Gasteiger partial charge on any atom is 0.460 e. The first-order valence-electron chi connectivity index (χ1n) is 5.61. The summed E-state index contributed by atoms with van der Waals surface area (Å²) in [5.74, 6) is -23.2. The van der Waals surface area contributed by atoms with Gasteiger partial charge in [0.25, 0.3) is 0 Å². The minimum Gasteiger partial charge on any atom is -0.456 e. The minimum absolute atomic E-state index is 0.127. The van der Waals surface area contributed by atoms with E-state index in [0.29, 0.717) is 0 Å². The highest BCUT2D eigenvalue weighted by Crippen LogP contribution is 2.55. The Hall–Kier alpha value is -1.74. The molecule has 0 aromatic rings. The van der Waals surface area contributed by atoms with Crippen LogP contribution in [0.15, 0.2) is 12.7 Å². The predicted molar refractivity (Wildman–Crippen MR) is 53.0 cm³/mol. The molecule has 3 nitrogen and oxygen atoms in total. The van der Waals surface area contributed by atoms with Crippen LogP contribution in [0.1, 0.15) is 0 Å². The van der Waals surface area contributed by atoms with E-state index in [9.17, 15) is 61.9 Å². The molecule has 0 aromatic carbocycles. The maximum absolute atomic E-state index is 13.0. The summed E-state index contributed by atoms with van der Waals surface area (Å²) in [6, 6.07) is 0. The lowest BCUT2D eigenvalue weighted by Crippen LogP contribution is -2.64. The SMILES string of the molecule is C=CC(=O)OCC(F)(F)C(F)(F)OC(F)(F)C(F)(F)C(F)(F)C(F)(F)F. The predicted octanol–water partition coefficient (Wildman–Crippen LogP) is 4.39. The molecule has 0 aliphatic rings. The third kappa shape index (κ3) is 4.32. The van der Waals surface area contributed by atoms with Crippen molar-refractivity contribution in [2.45, 2.75) is 36.2 Å². The standard InChI is InChI=1S/C10H5F13O3/c1-2-4(24)25-3-5(11,12)9(20,21)26-10(22,23)7(15,16)6(13,14)8(17,18)19/h2H,1,3H2. The fraction of sp³-hybridized carbons (Fsp3) is 0.700. The van der Waals surface area contributed by atoms with Gasteiger partial charge in [0.1, 0.15) is 0 Å². The Morgan fingerprint density at radius 1 is 0.769 bits per heavy atom. The van der Waals surface area contributed by atoms with Gasteiger partial charge in [0.05, 0.1) is 0 Å². The van der Waals surface area contributed by atoms with E-state index in [2.05, 4.69) is 11.3 Å². The lowest BCUT2D eigenvalue weighted by Gasteiger charge is -2.36. The highest BCUT2D eigenvalue weighted by molar-refractivity contribution is 5.81. The van der Waals surface area contributed by atoms with Gasteiger partial charge in [-0.3, -0.25) is 0 Å². The molecule has 0 bridgehead atoms. The summed E-state index contributed by atoms with van der Waals surface area (Å²) in [6.45, 7) is -0.172. The zero-order chi connectivity index (χ0) is 21.4. The lowest BCUT2D eigenvalue weighted by molar-refractivity contribution is -0.503. The minimum atomic E-state index is -7.71. The molecule has 0 aliphatic carbocycles. The van der Waals surface area contributed by atoms with E-state index in [4.69, 9.17) is 0 Å². The fourth-order valence-corrected chi connectivity index (χ4v) is 0.965. The van der Waals surface area contributed by atoms with E-state index in [1.807, 2.05) is 0 Å². The van der Waals surface area contributed by atoms with Crippen molar-refractivity contribution in [2.75, 3.05) is 6.61 Å². The molecule has 0 N–H and O–H groups in total. The molecule has 0 saturated carbocycles. The Morgan fingerprint density at radius 3 is 1.54 bits per heavy atom. The molecule has 154 valence electrons. The number of rotatable bonds is 8. The Kier molecular flexibility index (Phi) is 6.32. The van der Waals surface area contributed by atoms with Crippen LogP contribution in [-0.4, -0.2) is 48.7 Å². The molecule has 0 saturated heterocycles. The third-order valence-corrected chi connectivity index (χ3v) is 2.36. The van der Waals surface area contributed by atoms with Crippen molar-refractivity contribution in [2.24, 2.45) is 0 Å². The Morgan fingerprint density at radius 2 is 1.19 bits per heavy atom. The number of halogens is 13. The highest BCUT2D eigenvalue weighted by atomic mass is 19.4. The van der Waals surface area contributed by atoms with E-state index >= 15 is 0 Å². The van der Waals surface area contributed by atoms with Crippen molar-refractivity contribution < 1.29 is 71.3 Å². The first-order chi connectivity index (χ1) is 11.2. The number of hydrogen-bond donors (Lipinski definition) is 0. The van der Waals surface area contributed by atoms with Crippen LogP contribution in [0.3, 0.4) is 0 Å². The lowest BCUT2D eigenvalue weighted by atomic mass is 10.1. The first kappa shape index (κ1) is 24.3. The van der Waals surface area contributed by atoms with Crippen LogP contribution in [0, 0.1) is 0 Å². The van der Waals surface area contributed by atoms with Gasteiger partial charge in [-0.2, -0.15) is 57.1 Å². The molecular formula is C10H5F13O3. The van der Waals surface area contributed by atoms with Gasteiger partial charge in [0.15, 0.2) is 6.61 Å².